The summed E-state index contributed by atoms with van der Waals surface area (Å²) >= 11 is 0. The highest BCUT2D eigenvalue weighted by atomic mass is 32.2. The van der Waals surface area contributed by atoms with Crippen LogP contribution in [0.5, 0.6) is 0 Å². The first kappa shape index (κ1) is 24.6. The van der Waals surface area contributed by atoms with Gasteiger partial charge in [0, 0.05) is 32.3 Å². The van der Waals surface area contributed by atoms with E-state index in [2.05, 4.69) is 15.3 Å². The Bertz CT molecular complexity index is 1220. The van der Waals surface area contributed by atoms with Crippen molar-refractivity contribution < 1.29 is 26.4 Å². The highest BCUT2D eigenvalue weighted by Crippen LogP contribution is 2.32. The largest absolute Gasteiger partial charge is 0.449 e. The van der Waals surface area contributed by atoms with Crippen LogP contribution < -0.4 is 5.32 Å². The van der Waals surface area contributed by atoms with Gasteiger partial charge in [0.15, 0.2) is 0 Å². The van der Waals surface area contributed by atoms with E-state index in [1.807, 2.05) is 0 Å². The van der Waals surface area contributed by atoms with Crippen LogP contribution in [0.25, 0.3) is 11.0 Å². The molecule has 0 aliphatic carbocycles. The summed E-state index contributed by atoms with van der Waals surface area (Å²) in [4.78, 5) is 19.8. The number of nitrogens with zero attached hydrogens (tertiary/aromatic N) is 4. The van der Waals surface area contributed by atoms with Crippen LogP contribution in [0.15, 0.2) is 47.5 Å². The Balaban J connectivity index is 1.86. The van der Waals surface area contributed by atoms with Crippen molar-refractivity contribution in [2.45, 2.75) is 44.4 Å². The van der Waals surface area contributed by atoms with Gasteiger partial charge in [0.2, 0.25) is 21.8 Å². The molecule has 1 N–H and O–H groups in total. The second kappa shape index (κ2) is 9.87. The number of pyridine rings is 1. The van der Waals surface area contributed by atoms with Crippen molar-refractivity contribution in [2.24, 2.45) is 0 Å². The van der Waals surface area contributed by atoms with Crippen molar-refractivity contribution in [1.82, 2.24) is 24.2 Å². The van der Waals surface area contributed by atoms with Gasteiger partial charge in [-0.1, -0.05) is 19.9 Å². The van der Waals surface area contributed by atoms with Gasteiger partial charge in [0.1, 0.15) is 0 Å². The molecule has 3 rings (SSSR count). The van der Waals surface area contributed by atoms with Crippen molar-refractivity contribution in [3.63, 3.8) is 0 Å². The van der Waals surface area contributed by atoms with Gasteiger partial charge < -0.3 is 9.88 Å². The fraction of sp³-hybridized carbons (Fsp3) is 0.381. The minimum atomic E-state index is -4.78. The monoisotopic (exact) mass is 483 g/mol. The Morgan fingerprint density at radius 3 is 2.48 bits per heavy atom. The zero-order valence-electron chi connectivity index (χ0n) is 18.1. The lowest BCUT2D eigenvalue weighted by atomic mass is 10.3. The minimum Gasteiger partial charge on any atom is -0.350 e. The summed E-state index contributed by atoms with van der Waals surface area (Å²) in [6.45, 7) is 3.69. The SMILES string of the molecule is CCN(CC)S(=O)(=O)c1ccc2c(c1)nc(C(F)(F)F)n2CCC(=O)NCc1ccccn1. The maximum absolute atomic E-state index is 13.6. The quantitative estimate of drug-likeness (QED) is 0.504. The van der Waals surface area contributed by atoms with E-state index in [-0.39, 0.29) is 48.5 Å². The molecule has 0 atom stereocenters. The van der Waals surface area contributed by atoms with Gasteiger partial charge in [-0.2, -0.15) is 17.5 Å². The molecule has 0 saturated carbocycles. The lowest BCUT2D eigenvalue weighted by molar-refractivity contribution is -0.147. The van der Waals surface area contributed by atoms with Gasteiger partial charge in [-0.05, 0) is 30.3 Å². The molecule has 178 valence electrons. The third kappa shape index (κ3) is 5.50. The minimum absolute atomic E-state index is 0.0957. The number of fused-ring (bicyclic) bond motifs is 1. The van der Waals surface area contributed by atoms with E-state index >= 15 is 0 Å². The zero-order valence-corrected chi connectivity index (χ0v) is 18.9. The average molecular weight is 484 g/mol. The predicted molar refractivity (Wildman–Crippen MR) is 116 cm³/mol. The number of benzene rings is 1. The van der Waals surface area contributed by atoms with E-state index in [9.17, 15) is 26.4 Å². The molecule has 0 fully saturated rings. The van der Waals surface area contributed by atoms with Crippen molar-refractivity contribution >= 4 is 27.0 Å². The number of halogens is 3. The summed E-state index contributed by atoms with van der Waals surface area (Å²) in [5.41, 5.74) is 0.611. The van der Waals surface area contributed by atoms with Crippen molar-refractivity contribution in [3.8, 4) is 0 Å². The predicted octanol–water partition coefficient (Wildman–Crippen LogP) is 3.19. The fourth-order valence-corrected chi connectivity index (χ4v) is 4.90. The zero-order chi connectivity index (χ0) is 24.2. The van der Waals surface area contributed by atoms with E-state index in [1.54, 1.807) is 38.2 Å². The third-order valence-corrected chi connectivity index (χ3v) is 7.12. The summed E-state index contributed by atoms with van der Waals surface area (Å²) in [5, 5.41) is 2.62. The van der Waals surface area contributed by atoms with Crippen molar-refractivity contribution in [3.05, 3.63) is 54.1 Å². The van der Waals surface area contributed by atoms with Gasteiger partial charge in [0.05, 0.1) is 28.2 Å². The molecule has 1 aromatic carbocycles. The first-order valence-corrected chi connectivity index (χ1v) is 11.8. The molecule has 0 radical (unpaired) electrons. The number of imidazole rings is 1. The first-order valence-electron chi connectivity index (χ1n) is 10.3. The maximum Gasteiger partial charge on any atom is 0.449 e. The lowest BCUT2D eigenvalue weighted by Crippen LogP contribution is -2.30. The van der Waals surface area contributed by atoms with Crippen LogP contribution in [-0.2, 0) is 34.1 Å². The fourth-order valence-electron chi connectivity index (χ4n) is 3.42. The van der Waals surface area contributed by atoms with Crippen LogP contribution in [0.4, 0.5) is 13.2 Å². The Morgan fingerprint density at radius 2 is 1.88 bits per heavy atom. The molecule has 2 heterocycles. The van der Waals surface area contributed by atoms with E-state index in [0.29, 0.717) is 5.69 Å². The summed E-state index contributed by atoms with van der Waals surface area (Å²) in [6, 6.07) is 8.89. The standard InChI is InChI=1S/C21H24F3N5O3S/c1-3-28(4-2)33(31,32)16-8-9-18-17(13-16)27-20(21(22,23)24)29(18)12-10-19(30)26-14-15-7-5-6-11-25-15/h5-9,11,13H,3-4,10,12,14H2,1-2H3,(H,26,30). The van der Waals surface area contributed by atoms with Crippen LogP contribution in [0.3, 0.4) is 0 Å². The number of aryl methyl sites for hydroxylation is 1. The lowest BCUT2D eigenvalue weighted by Gasteiger charge is -2.18. The number of amides is 1. The van der Waals surface area contributed by atoms with Crippen LogP contribution in [0.1, 0.15) is 31.8 Å². The normalized spacial score (nSPS) is 12.4. The van der Waals surface area contributed by atoms with E-state index < -0.39 is 27.9 Å². The third-order valence-electron chi connectivity index (χ3n) is 5.07. The number of aromatic nitrogens is 3. The van der Waals surface area contributed by atoms with Crippen LogP contribution >= 0.6 is 0 Å². The summed E-state index contributed by atoms with van der Waals surface area (Å²) in [6.07, 6.45) is -3.42. The van der Waals surface area contributed by atoms with Crippen LogP contribution in [-0.4, -0.2) is 46.3 Å². The number of carbonyl (C=O) groups is 1. The molecule has 12 heteroatoms. The topological polar surface area (TPSA) is 97.2 Å². The smallest absolute Gasteiger partial charge is 0.350 e. The number of alkyl halides is 3. The Kier molecular flexibility index (Phi) is 7.38. The molecule has 1 amide bonds. The van der Waals surface area contributed by atoms with Gasteiger partial charge in [-0.25, -0.2) is 13.4 Å². The second-order valence-electron chi connectivity index (χ2n) is 7.17. The molecule has 0 bridgehead atoms. The second-order valence-corrected chi connectivity index (χ2v) is 9.11. The number of hydrogen-bond donors (Lipinski definition) is 1. The average Bonchev–Trinajstić information content (AvgIpc) is 3.16. The maximum atomic E-state index is 13.6. The molecule has 0 aliphatic heterocycles. The Morgan fingerprint density at radius 1 is 1.15 bits per heavy atom. The van der Waals surface area contributed by atoms with Crippen molar-refractivity contribution in [2.75, 3.05) is 13.1 Å². The molecular weight excluding hydrogens is 459 g/mol. The van der Waals surface area contributed by atoms with Gasteiger partial charge in [-0.15, -0.1) is 0 Å². The van der Waals surface area contributed by atoms with Crippen LogP contribution in [0.2, 0.25) is 0 Å². The number of nitrogens with one attached hydrogen (secondary N) is 1. The molecule has 0 spiro atoms. The van der Waals surface area contributed by atoms with Gasteiger partial charge in [-0.3, -0.25) is 9.78 Å². The molecule has 0 aliphatic rings. The molecule has 3 aromatic rings. The summed E-state index contributed by atoms with van der Waals surface area (Å²) in [5.74, 6) is -1.64. The van der Waals surface area contributed by atoms with E-state index in [0.717, 1.165) is 10.6 Å². The molecule has 33 heavy (non-hydrogen) atoms. The molecule has 0 unspecified atom stereocenters. The van der Waals surface area contributed by atoms with Gasteiger partial charge >= 0.3 is 6.18 Å². The molecular formula is C21H24F3N5O3S. The molecule has 2 aromatic heterocycles. The number of hydrogen-bond acceptors (Lipinski definition) is 5. The number of sulfonamides is 1. The van der Waals surface area contributed by atoms with Crippen molar-refractivity contribution in [1.29, 1.82) is 0 Å². The molecule has 8 nitrogen and oxygen atoms in total. The van der Waals surface area contributed by atoms with E-state index in [1.165, 1.54) is 16.4 Å². The van der Waals surface area contributed by atoms with Crippen LogP contribution in [0, 0.1) is 0 Å². The Labute approximate surface area is 189 Å². The highest BCUT2D eigenvalue weighted by Gasteiger charge is 2.38. The summed E-state index contributed by atoms with van der Waals surface area (Å²) < 4.78 is 68.5. The molecule has 0 saturated heterocycles. The summed E-state index contributed by atoms with van der Waals surface area (Å²) in [7, 11) is -3.86. The van der Waals surface area contributed by atoms with Gasteiger partial charge in [0.25, 0.3) is 0 Å². The van der Waals surface area contributed by atoms with E-state index in [4.69, 9.17) is 0 Å². The first-order chi connectivity index (χ1) is 15.6. The number of rotatable bonds is 9. The highest BCUT2D eigenvalue weighted by molar-refractivity contribution is 7.89. The number of carbonyl (C=O) groups excluding carboxylic acids is 1. The Hall–Kier alpha value is -2.99.